The Balaban J connectivity index is 1.22. The van der Waals surface area contributed by atoms with Crippen LogP contribution in [0, 0.1) is 0 Å². The second-order valence-electron chi connectivity index (χ2n) is 10.1. The van der Waals surface area contributed by atoms with Crippen molar-refractivity contribution in [2.45, 2.75) is 39.0 Å². The Morgan fingerprint density at radius 2 is 1.74 bits per heavy atom. The molecule has 0 spiro atoms. The van der Waals surface area contributed by atoms with Crippen LogP contribution in [0.1, 0.15) is 43.7 Å². The van der Waals surface area contributed by atoms with Crippen LogP contribution in [0.3, 0.4) is 0 Å². The Kier molecular flexibility index (Phi) is 8.95. The lowest BCUT2D eigenvalue weighted by molar-refractivity contribution is -0.274. The summed E-state index contributed by atoms with van der Waals surface area (Å²) in [6, 6.07) is 20.5. The van der Waals surface area contributed by atoms with Crippen molar-refractivity contribution in [2.24, 2.45) is 9.98 Å². The minimum absolute atomic E-state index is 0.143. The van der Waals surface area contributed by atoms with E-state index in [1.54, 1.807) is 18.0 Å². The number of carbonyl (C=O) groups is 1. The molecule has 0 radical (unpaired) electrons. The number of ether oxygens (including phenoxy) is 1. The maximum Gasteiger partial charge on any atom is 0.573 e. The van der Waals surface area contributed by atoms with Gasteiger partial charge in [0.25, 0.3) is 0 Å². The van der Waals surface area contributed by atoms with Gasteiger partial charge in [0.05, 0.1) is 5.69 Å². The molecule has 1 fully saturated rings. The Morgan fingerprint density at radius 3 is 2.44 bits per heavy atom. The van der Waals surface area contributed by atoms with Crippen molar-refractivity contribution in [2.75, 3.05) is 17.2 Å². The number of hydrogen-bond acceptors (Lipinski definition) is 5. The number of amidine groups is 1. The second-order valence-corrected chi connectivity index (χ2v) is 11.2. The zero-order valence-electron chi connectivity index (χ0n) is 23.7. The summed E-state index contributed by atoms with van der Waals surface area (Å²) < 4.78 is 42.6. The standard InChI is InChI=1S/C31H29F3N6O2S/c1-20(2)26-6-4-5-7-27(26)39-16-17-43-30(39)37-29(41)35-18-21(3)22-8-10-23(11-9-22)28-36-19-40(38-28)24-12-14-25(15-13-24)42-31(32,33)34/h4-15,18-21H,16-17H2,1-3H3. The van der Waals surface area contributed by atoms with Gasteiger partial charge in [-0.1, -0.05) is 75.0 Å². The fraction of sp³-hybridized carbons (Fsp3) is 0.258. The van der Waals surface area contributed by atoms with Crippen LogP contribution in [0.25, 0.3) is 17.1 Å². The van der Waals surface area contributed by atoms with Crippen molar-refractivity contribution in [3.8, 4) is 22.8 Å². The number of nitrogens with zero attached hydrogens (tertiary/aromatic N) is 6. The van der Waals surface area contributed by atoms with Crippen molar-refractivity contribution in [3.63, 3.8) is 0 Å². The van der Waals surface area contributed by atoms with E-state index in [9.17, 15) is 18.0 Å². The summed E-state index contributed by atoms with van der Waals surface area (Å²) in [5.74, 6) is 1.19. The highest BCUT2D eigenvalue weighted by Crippen LogP contribution is 2.32. The molecule has 0 N–H and O–H groups in total. The molecule has 2 amide bonds. The van der Waals surface area contributed by atoms with E-state index in [-0.39, 0.29) is 11.7 Å². The predicted octanol–water partition coefficient (Wildman–Crippen LogP) is 7.86. The van der Waals surface area contributed by atoms with Crippen LogP contribution in [0.15, 0.2) is 89.1 Å². The number of aromatic nitrogens is 3. The normalized spacial score (nSPS) is 15.5. The maximum absolute atomic E-state index is 12.7. The Bertz CT molecular complexity index is 1630. The molecule has 43 heavy (non-hydrogen) atoms. The molecule has 222 valence electrons. The van der Waals surface area contributed by atoms with Gasteiger partial charge in [-0.25, -0.2) is 19.5 Å². The molecule has 0 aliphatic carbocycles. The number of carbonyl (C=O) groups excluding carboxylic acids is 1. The zero-order valence-corrected chi connectivity index (χ0v) is 24.5. The zero-order chi connectivity index (χ0) is 30.6. The average Bonchev–Trinajstić information content (AvgIpc) is 3.66. The van der Waals surface area contributed by atoms with E-state index in [2.05, 4.69) is 55.7 Å². The van der Waals surface area contributed by atoms with Gasteiger partial charge in [0.2, 0.25) is 0 Å². The van der Waals surface area contributed by atoms with Gasteiger partial charge in [0, 0.05) is 35.7 Å². The molecule has 4 aromatic rings. The number of halogens is 3. The first kappa shape index (κ1) is 30.0. The summed E-state index contributed by atoms with van der Waals surface area (Å²) in [5.41, 5.74) is 4.51. The molecule has 1 atom stereocenters. The van der Waals surface area contributed by atoms with E-state index in [4.69, 9.17) is 0 Å². The van der Waals surface area contributed by atoms with Crippen LogP contribution in [0.4, 0.5) is 23.7 Å². The maximum atomic E-state index is 12.7. The highest BCUT2D eigenvalue weighted by molar-refractivity contribution is 8.14. The molecule has 0 saturated carbocycles. The van der Waals surface area contributed by atoms with Crippen molar-refractivity contribution in [3.05, 3.63) is 90.3 Å². The molecule has 0 bridgehead atoms. The van der Waals surface area contributed by atoms with Gasteiger partial charge < -0.3 is 9.64 Å². The van der Waals surface area contributed by atoms with Crippen molar-refractivity contribution >= 4 is 34.9 Å². The van der Waals surface area contributed by atoms with Crippen LogP contribution in [-0.4, -0.2) is 50.8 Å². The van der Waals surface area contributed by atoms with Gasteiger partial charge >= 0.3 is 12.4 Å². The number of anilines is 1. The summed E-state index contributed by atoms with van der Waals surface area (Å²) in [5, 5.41) is 5.09. The lowest BCUT2D eigenvalue weighted by Crippen LogP contribution is -2.25. The van der Waals surface area contributed by atoms with Crippen molar-refractivity contribution in [1.29, 1.82) is 0 Å². The van der Waals surface area contributed by atoms with Gasteiger partial charge in [-0.2, -0.15) is 4.99 Å². The fourth-order valence-electron chi connectivity index (χ4n) is 4.57. The van der Waals surface area contributed by atoms with E-state index in [1.165, 1.54) is 40.8 Å². The van der Waals surface area contributed by atoms with E-state index >= 15 is 0 Å². The molecule has 8 nitrogen and oxygen atoms in total. The van der Waals surface area contributed by atoms with Gasteiger partial charge in [-0.3, -0.25) is 0 Å². The van der Waals surface area contributed by atoms with E-state index in [0.29, 0.717) is 22.6 Å². The summed E-state index contributed by atoms with van der Waals surface area (Å²) in [7, 11) is 0. The number of thioether (sulfide) groups is 1. The van der Waals surface area contributed by atoms with Crippen LogP contribution in [0.2, 0.25) is 0 Å². The molecule has 1 unspecified atom stereocenters. The summed E-state index contributed by atoms with van der Waals surface area (Å²) in [6.45, 7) is 7.01. The number of benzene rings is 3. The van der Waals surface area contributed by atoms with Crippen LogP contribution >= 0.6 is 11.8 Å². The highest BCUT2D eigenvalue weighted by atomic mass is 32.2. The molecular formula is C31H29F3N6O2S. The number of urea groups is 1. The number of rotatable bonds is 7. The first-order valence-corrected chi connectivity index (χ1v) is 14.6. The molecule has 1 aliphatic rings. The van der Waals surface area contributed by atoms with E-state index in [0.717, 1.165) is 29.1 Å². The monoisotopic (exact) mass is 606 g/mol. The van der Waals surface area contributed by atoms with Crippen LogP contribution < -0.4 is 9.64 Å². The third-order valence-corrected chi connectivity index (χ3v) is 7.70. The van der Waals surface area contributed by atoms with Crippen molar-refractivity contribution < 1.29 is 22.7 Å². The molecule has 5 rings (SSSR count). The SMILES string of the molecule is CC(C)c1ccccc1N1CCSC1=NC(=O)N=CC(C)c1ccc(-c2ncn(-c3ccc(OC(F)(F)F)cc3)n2)cc1. The third-order valence-electron chi connectivity index (χ3n) is 6.75. The molecule has 1 aliphatic heterocycles. The van der Waals surface area contributed by atoms with E-state index < -0.39 is 12.4 Å². The highest BCUT2D eigenvalue weighted by Gasteiger charge is 2.31. The van der Waals surface area contributed by atoms with Gasteiger partial charge in [-0.15, -0.1) is 18.3 Å². The third kappa shape index (κ3) is 7.50. The quantitative estimate of drug-likeness (QED) is 0.199. The summed E-state index contributed by atoms with van der Waals surface area (Å²) in [6.07, 6.45) is -1.68. The van der Waals surface area contributed by atoms with Gasteiger partial charge in [0.1, 0.15) is 12.1 Å². The smallest absolute Gasteiger partial charge is 0.406 e. The largest absolute Gasteiger partial charge is 0.573 e. The lowest BCUT2D eigenvalue weighted by Gasteiger charge is -2.22. The summed E-state index contributed by atoms with van der Waals surface area (Å²) >= 11 is 1.55. The predicted molar refractivity (Wildman–Crippen MR) is 164 cm³/mol. The summed E-state index contributed by atoms with van der Waals surface area (Å²) in [4.78, 5) is 27.5. The van der Waals surface area contributed by atoms with E-state index in [1.807, 2.05) is 43.3 Å². The van der Waals surface area contributed by atoms with Crippen molar-refractivity contribution in [1.82, 2.24) is 14.8 Å². The number of hydrogen-bond donors (Lipinski definition) is 0. The molecular weight excluding hydrogens is 577 g/mol. The number of amides is 2. The Labute approximate surface area is 251 Å². The Morgan fingerprint density at radius 1 is 1.02 bits per heavy atom. The first-order valence-electron chi connectivity index (χ1n) is 13.6. The Hall–Kier alpha value is -4.45. The lowest BCUT2D eigenvalue weighted by atomic mass is 10.0. The average molecular weight is 607 g/mol. The number of aliphatic imine (C=N–C) groups is 2. The topological polar surface area (TPSA) is 85.0 Å². The number of alkyl halides is 3. The van der Waals surface area contributed by atoms with Gasteiger partial charge in [0.15, 0.2) is 11.0 Å². The second kappa shape index (κ2) is 12.8. The van der Waals surface area contributed by atoms with Crippen LogP contribution in [0.5, 0.6) is 5.75 Å². The molecule has 12 heteroatoms. The molecule has 2 heterocycles. The molecule has 1 aromatic heterocycles. The minimum Gasteiger partial charge on any atom is -0.406 e. The first-order chi connectivity index (χ1) is 20.6. The molecule has 3 aromatic carbocycles. The molecule has 1 saturated heterocycles. The van der Waals surface area contributed by atoms with Gasteiger partial charge in [-0.05, 0) is 47.4 Å². The van der Waals surface area contributed by atoms with Crippen LogP contribution in [-0.2, 0) is 0 Å². The fourth-order valence-corrected chi connectivity index (χ4v) is 5.51. The number of para-hydroxylation sites is 1. The minimum atomic E-state index is -4.75.